The molecule has 9 nitrogen and oxygen atoms in total. The Morgan fingerprint density at radius 1 is 1.10 bits per heavy atom. The smallest absolute Gasteiger partial charge is 0.269 e. The second-order valence-electron chi connectivity index (χ2n) is 6.75. The molecule has 0 aliphatic carbocycles. The van der Waals surface area contributed by atoms with Crippen molar-refractivity contribution >= 4 is 38.9 Å². The molecule has 0 saturated carbocycles. The van der Waals surface area contributed by atoms with Crippen molar-refractivity contribution in [1.82, 2.24) is 9.62 Å². The Kier molecular flexibility index (Phi) is 6.91. The lowest BCUT2D eigenvalue weighted by molar-refractivity contribution is -0.384. The van der Waals surface area contributed by atoms with Crippen LogP contribution in [0.15, 0.2) is 53.4 Å². The molecule has 1 amide bonds. The van der Waals surface area contributed by atoms with Gasteiger partial charge in [-0.25, -0.2) is 13.1 Å². The van der Waals surface area contributed by atoms with Gasteiger partial charge in [0.05, 0.1) is 9.82 Å². The highest BCUT2D eigenvalue weighted by Crippen LogP contribution is 2.21. The fraction of sp³-hybridized carbons (Fsp3) is 0.316. The van der Waals surface area contributed by atoms with Gasteiger partial charge >= 0.3 is 0 Å². The molecule has 1 N–H and O–H groups in total. The van der Waals surface area contributed by atoms with E-state index in [-0.39, 0.29) is 29.5 Å². The van der Waals surface area contributed by atoms with Crippen molar-refractivity contribution in [2.24, 2.45) is 0 Å². The molecule has 2 aromatic rings. The van der Waals surface area contributed by atoms with E-state index in [1.165, 1.54) is 0 Å². The maximum Gasteiger partial charge on any atom is 0.269 e. The predicted octanol–water partition coefficient (Wildman–Crippen LogP) is 2.27. The van der Waals surface area contributed by atoms with E-state index in [1.54, 1.807) is 4.90 Å². The summed E-state index contributed by atoms with van der Waals surface area (Å²) in [6.07, 6.45) is 0.0311. The molecule has 0 bridgehead atoms. The summed E-state index contributed by atoms with van der Waals surface area (Å²) in [5.74, 6) is -0.132. The molecule has 0 aromatic heterocycles. The number of hydrogen-bond donors (Lipinski definition) is 1. The van der Waals surface area contributed by atoms with E-state index < -0.39 is 14.9 Å². The summed E-state index contributed by atoms with van der Waals surface area (Å²) >= 11 is 6.03. The largest absolute Gasteiger partial charge is 0.368 e. The zero-order valence-corrected chi connectivity index (χ0v) is 17.6. The van der Waals surface area contributed by atoms with Gasteiger partial charge in [0.1, 0.15) is 0 Å². The van der Waals surface area contributed by atoms with Gasteiger partial charge < -0.3 is 9.80 Å². The number of benzene rings is 2. The molecule has 1 aliphatic rings. The van der Waals surface area contributed by atoms with E-state index in [0.29, 0.717) is 31.2 Å². The number of nitro benzene ring substituents is 1. The highest BCUT2D eigenvalue weighted by Gasteiger charge is 2.22. The van der Waals surface area contributed by atoms with Crippen LogP contribution in [-0.2, 0) is 14.8 Å². The minimum Gasteiger partial charge on any atom is -0.368 e. The first kappa shape index (κ1) is 22.0. The Morgan fingerprint density at radius 2 is 1.77 bits per heavy atom. The van der Waals surface area contributed by atoms with Crippen molar-refractivity contribution in [3.05, 3.63) is 63.7 Å². The first-order valence-corrected chi connectivity index (χ1v) is 11.1. The lowest BCUT2D eigenvalue weighted by Crippen LogP contribution is -2.49. The number of non-ortho nitro benzene ring substituents is 1. The third-order valence-electron chi connectivity index (χ3n) is 4.79. The summed E-state index contributed by atoms with van der Waals surface area (Å²) < 4.78 is 26.9. The van der Waals surface area contributed by atoms with E-state index in [0.717, 1.165) is 30.0 Å². The molecule has 0 atom stereocenters. The second kappa shape index (κ2) is 9.41. The molecule has 0 radical (unpaired) electrons. The standard InChI is InChI=1S/C19H21ClN4O5S/c20-15-2-1-3-17(14-15)22-10-12-23(13-11-22)19(25)8-9-21-30(28,29)18-6-4-16(5-7-18)24(26)27/h1-7,14,21H,8-13H2. The molecule has 1 heterocycles. The third-order valence-corrected chi connectivity index (χ3v) is 6.51. The van der Waals surface area contributed by atoms with Gasteiger partial charge in [0, 0.05) is 62.0 Å². The number of nitrogens with one attached hydrogen (secondary N) is 1. The van der Waals surface area contributed by atoms with Gasteiger partial charge in [0.2, 0.25) is 15.9 Å². The minimum absolute atomic E-state index is 0.0311. The molecule has 11 heteroatoms. The van der Waals surface area contributed by atoms with Crippen molar-refractivity contribution in [2.75, 3.05) is 37.6 Å². The van der Waals surface area contributed by atoms with Crippen LogP contribution in [0.2, 0.25) is 5.02 Å². The number of nitro groups is 1. The molecule has 3 rings (SSSR count). The van der Waals surface area contributed by atoms with Gasteiger partial charge in [-0.1, -0.05) is 17.7 Å². The number of carbonyl (C=O) groups is 1. The first-order valence-electron chi connectivity index (χ1n) is 9.29. The summed E-state index contributed by atoms with van der Waals surface area (Å²) in [5, 5.41) is 11.3. The van der Waals surface area contributed by atoms with Crippen LogP contribution in [0.5, 0.6) is 0 Å². The number of anilines is 1. The van der Waals surface area contributed by atoms with Crippen LogP contribution in [0.1, 0.15) is 6.42 Å². The molecule has 1 aliphatic heterocycles. The molecule has 0 spiro atoms. The van der Waals surface area contributed by atoms with Crippen LogP contribution < -0.4 is 9.62 Å². The van der Waals surface area contributed by atoms with E-state index >= 15 is 0 Å². The molecule has 1 saturated heterocycles. The summed E-state index contributed by atoms with van der Waals surface area (Å²) in [7, 11) is -3.84. The monoisotopic (exact) mass is 452 g/mol. The van der Waals surface area contributed by atoms with E-state index in [2.05, 4.69) is 9.62 Å². The van der Waals surface area contributed by atoms with Crippen molar-refractivity contribution in [3.8, 4) is 0 Å². The molecular formula is C19H21ClN4O5S. The number of amides is 1. The maximum atomic E-state index is 12.4. The Morgan fingerprint density at radius 3 is 2.37 bits per heavy atom. The van der Waals surface area contributed by atoms with Crippen molar-refractivity contribution in [1.29, 1.82) is 0 Å². The molecule has 30 heavy (non-hydrogen) atoms. The third kappa shape index (κ3) is 5.47. The summed E-state index contributed by atoms with van der Waals surface area (Å²) in [6.45, 7) is 2.37. The molecule has 1 fully saturated rings. The SMILES string of the molecule is O=C(CCNS(=O)(=O)c1ccc([N+](=O)[O-])cc1)N1CCN(c2cccc(Cl)c2)CC1. The van der Waals surface area contributed by atoms with E-state index in [1.807, 2.05) is 24.3 Å². The van der Waals surface area contributed by atoms with Crippen LogP contribution >= 0.6 is 11.6 Å². The van der Waals surface area contributed by atoms with Crippen LogP contribution in [-0.4, -0.2) is 56.9 Å². The number of nitrogens with zero attached hydrogens (tertiary/aromatic N) is 3. The lowest BCUT2D eigenvalue weighted by atomic mass is 10.2. The predicted molar refractivity (Wildman–Crippen MR) is 113 cm³/mol. The van der Waals surface area contributed by atoms with Gasteiger partial charge in [0.15, 0.2) is 0 Å². The number of piperazine rings is 1. The van der Waals surface area contributed by atoms with Crippen LogP contribution in [0.4, 0.5) is 11.4 Å². The van der Waals surface area contributed by atoms with Crippen molar-refractivity contribution in [3.63, 3.8) is 0 Å². The fourth-order valence-electron chi connectivity index (χ4n) is 3.17. The summed E-state index contributed by atoms with van der Waals surface area (Å²) in [4.78, 5) is 26.2. The minimum atomic E-state index is -3.84. The van der Waals surface area contributed by atoms with Gasteiger partial charge in [-0.15, -0.1) is 0 Å². The fourth-order valence-corrected chi connectivity index (χ4v) is 4.38. The molecule has 2 aromatic carbocycles. The number of hydrogen-bond acceptors (Lipinski definition) is 6. The second-order valence-corrected chi connectivity index (χ2v) is 8.95. The van der Waals surface area contributed by atoms with Crippen molar-refractivity contribution < 1.29 is 18.1 Å². The van der Waals surface area contributed by atoms with Gasteiger partial charge in [-0.2, -0.15) is 0 Å². The number of carbonyl (C=O) groups excluding carboxylic acids is 1. The highest BCUT2D eigenvalue weighted by atomic mass is 35.5. The normalized spacial score (nSPS) is 14.6. The van der Waals surface area contributed by atoms with Gasteiger partial charge in [-0.3, -0.25) is 14.9 Å². The van der Waals surface area contributed by atoms with Crippen LogP contribution in [0, 0.1) is 10.1 Å². The Labute approximate surface area is 179 Å². The quantitative estimate of drug-likeness (QED) is 0.509. The Balaban J connectivity index is 1.47. The Hall–Kier alpha value is -2.69. The average Bonchev–Trinajstić information content (AvgIpc) is 2.73. The summed E-state index contributed by atoms with van der Waals surface area (Å²) in [6, 6.07) is 12.1. The topological polar surface area (TPSA) is 113 Å². The van der Waals surface area contributed by atoms with Gasteiger partial charge in [0.25, 0.3) is 5.69 Å². The maximum absolute atomic E-state index is 12.4. The highest BCUT2D eigenvalue weighted by molar-refractivity contribution is 7.89. The number of sulfonamides is 1. The first-order chi connectivity index (χ1) is 14.3. The number of halogens is 1. The van der Waals surface area contributed by atoms with Gasteiger partial charge in [-0.05, 0) is 30.3 Å². The Bertz CT molecular complexity index is 1020. The van der Waals surface area contributed by atoms with Crippen LogP contribution in [0.3, 0.4) is 0 Å². The zero-order chi connectivity index (χ0) is 21.7. The number of rotatable bonds is 7. The molecule has 160 valence electrons. The van der Waals surface area contributed by atoms with Crippen molar-refractivity contribution in [2.45, 2.75) is 11.3 Å². The zero-order valence-electron chi connectivity index (χ0n) is 16.0. The molecule has 0 unspecified atom stereocenters. The van der Waals surface area contributed by atoms with E-state index in [4.69, 9.17) is 11.6 Å². The summed E-state index contributed by atoms with van der Waals surface area (Å²) in [5.41, 5.74) is 0.812. The lowest BCUT2D eigenvalue weighted by Gasteiger charge is -2.36. The van der Waals surface area contributed by atoms with Crippen LogP contribution in [0.25, 0.3) is 0 Å². The molecular weight excluding hydrogens is 432 g/mol. The van der Waals surface area contributed by atoms with E-state index in [9.17, 15) is 23.3 Å². The average molecular weight is 453 g/mol.